The molecule has 30 heavy (non-hydrogen) atoms. The van der Waals surface area contributed by atoms with Crippen molar-refractivity contribution in [2.24, 2.45) is 5.92 Å². The van der Waals surface area contributed by atoms with Crippen LogP contribution in [0, 0.1) is 5.92 Å². The van der Waals surface area contributed by atoms with Crippen LogP contribution in [0.5, 0.6) is 0 Å². The summed E-state index contributed by atoms with van der Waals surface area (Å²) in [5.41, 5.74) is 1.67. The van der Waals surface area contributed by atoms with E-state index < -0.39 is 12.0 Å². The molecule has 0 aromatic carbocycles. The fourth-order valence-corrected chi connectivity index (χ4v) is 5.16. The number of carboxylic acid groups (broad SMARTS) is 1. The van der Waals surface area contributed by atoms with E-state index in [9.17, 15) is 24.3 Å². The highest BCUT2D eigenvalue weighted by molar-refractivity contribution is 6.09. The molecule has 9 nitrogen and oxygen atoms in total. The van der Waals surface area contributed by atoms with Gasteiger partial charge in [0.05, 0.1) is 17.9 Å². The van der Waals surface area contributed by atoms with Crippen LogP contribution >= 0.6 is 0 Å². The Morgan fingerprint density at radius 2 is 2.07 bits per heavy atom. The smallest absolute Gasteiger partial charge is 0.352 e. The number of rotatable bonds is 3. The second-order valence-electron chi connectivity index (χ2n) is 7.95. The molecule has 5 rings (SSSR count). The molecule has 3 saturated heterocycles. The molecular weight excluding hydrogens is 388 g/mol. The molecule has 0 saturated carbocycles. The summed E-state index contributed by atoms with van der Waals surface area (Å²) in [6.45, 7) is 2.31. The van der Waals surface area contributed by atoms with Crippen LogP contribution in [0.2, 0.25) is 0 Å². The molecule has 0 radical (unpaired) electrons. The highest BCUT2D eigenvalue weighted by Crippen LogP contribution is 2.49. The Kier molecular flexibility index (Phi) is 4.02. The van der Waals surface area contributed by atoms with Gasteiger partial charge in [0.2, 0.25) is 5.91 Å². The van der Waals surface area contributed by atoms with Gasteiger partial charge in [0.25, 0.3) is 11.8 Å². The minimum Gasteiger partial charge on any atom is -0.477 e. The summed E-state index contributed by atoms with van der Waals surface area (Å²) in [5, 5.41) is 9.82. The maximum atomic E-state index is 13.0. The van der Waals surface area contributed by atoms with Crippen molar-refractivity contribution in [3.05, 3.63) is 47.4 Å². The molecule has 9 heteroatoms. The minimum absolute atomic E-state index is 0.0585. The van der Waals surface area contributed by atoms with Gasteiger partial charge in [-0.25, -0.2) is 4.79 Å². The first-order valence-electron chi connectivity index (χ1n) is 9.90. The molecular formula is C21H20N4O5. The number of allylic oxidation sites excluding steroid dienone is 1. The van der Waals surface area contributed by atoms with Gasteiger partial charge >= 0.3 is 5.97 Å². The zero-order valence-electron chi connectivity index (χ0n) is 16.3. The van der Waals surface area contributed by atoms with E-state index in [1.807, 2.05) is 0 Å². The average Bonchev–Trinajstić information content (AvgIpc) is 3.25. The van der Waals surface area contributed by atoms with Crippen LogP contribution in [0.1, 0.15) is 19.8 Å². The number of aliphatic carboxylic acids is 1. The van der Waals surface area contributed by atoms with Crippen LogP contribution in [-0.2, 0) is 19.2 Å². The van der Waals surface area contributed by atoms with Gasteiger partial charge in [-0.05, 0) is 36.6 Å². The summed E-state index contributed by atoms with van der Waals surface area (Å²) in [4.78, 5) is 58.1. The number of anilines is 1. The molecule has 1 unspecified atom stereocenters. The van der Waals surface area contributed by atoms with Crippen LogP contribution in [0.15, 0.2) is 47.4 Å². The third-order valence-corrected chi connectivity index (χ3v) is 6.47. The predicted octanol–water partition coefficient (Wildman–Crippen LogP) is 0.545. The topological polar surface area (TPSA) is 111 Å². The number of β-lactam (4-membered cyclic amide) rings is 1. The Morgan fingerprint density at radius 3 is 2.73 bits per heavy atom. The van der Waals surface area contributed by atoms with Crippen molar-refractivity contribution in [1.82, 2.24) is 14.8 Å². The lowest BCUT2D eigenvalue weighted by Gasteiger charge is -2.53. The summed E-state index contributed by atoms with van der Waals surface area (Å²) in [6.07, 6.45) is 5.96. The van der Waals surface area contributed by atoms with Gasteiger partial charge in [-0.2, -0.15) is 0 Å². The first-order valence-corrected chi connectivity index (χ1v) is 9.90. The number of nitrogens with zero attached hydrogens (tertiary/aromatic N) is 4. The van der Waals surface area contributed by atoms with Crippen molar-refractivity contribution in [2.75, 3.05) is 18.0 Å². The fraction of sp³-hybridized carbons (Fsp3) is 0.381. The molecule has 0 aliphatic carbocycles. The van der Waals surface area contributed by atoms with Crippen molar-refractivity contribution in [3.8, 4) is 0 Å². The van der Waals surface area contributed by atoms with E-state index in [4.69, 9.17) is 0 Å². The van der Waals surface area contributed by atoms with Gasteiger partial charge in [-0.1, -0.05) is 0 Å². The van der Waals surface area contributed by atoms with Crippen molar-refractivity contribution < 1.29 is 24.3 Å². The SMILES string of the molecule is CC(=O)N1CCC2C(/C=C3\CCN(c4cccnc4)C3=O)=C(C(=O)O)N3C(=O)[C@@H]1[C@@H]23. The largest absolute Gasteiger partial charge is 0.477 e. The molecule has 154 valence electrons. The van der Waals surface area contributed by atoms with Gasteiger partial charge in [0, 0.05) is 37.7 Å². The molecule has 3 amide bonds. The first-order chi connectivity index (χ1) is 14.4. The van der Waals surface area contributed by atoms with Gasteiger partial charge < -0.3 is 14.9 Å². The van der Waals surface area contributed by atoms with Crippen LogP contribution in [0.25, 0.3) is 0 Å². The Hall–Kier alpha value is -3.49. The molecule has 4 aliphatic heterocycles. The summed E-state index contributed by atoms with van der Waals surface area (Å²) in [7, 11) is 0. The number of carboxylic acids is 1. The molecule has 0 bridgehead atoms. The van der Waals surface area contributed by atoms with E-state index in [1.165, 1.54) is 16.7 Å². The fourth-order valence-electron chi connectivity index (χ4n) is 5.16. The van der Waals surface area contributed by atoms with E-state index in [0.717, 1.165) is 0 Å². The number of amides is 3. The average molecular weight is 408 g/mol. The number of likely N-dealkylation sites (tertiary alicyclic amines) is 1. The number of pyridine rings is 1. The highest BCUT2D eigenvalue weighted by atomic mass is 16.4. The van der Waals surface area contributed by atoms with Crippen LogP contribution in [0.4, 0.5) is 5.69 Å². The number of piperidine rings is 1. The highest BCUT2D eigenvalue weighted by Gasteiger charge is 2.63. The lowest BCUT2D eigenvalue weighted by Crippen LogP contribution is -2.73. The van der Waals surface area contributed by atoms with Crippen molar-refractivity contribution in [2.45, 2.75) is 31.8 Å². The van der Waals surface area contributed by atoms with Gasteiger partial charge in [0.15, 0.2) is 0 Å². The van der Waals surface area contributed by atoms with E-state index in [0.29, 0.717) is 42.8 Å². The van der Waals surface area contributed by atoms with Crippen molar-refractivity contribution in [1.29, 1.82) is 0 Å². The third-order valence-electron chi connectivity index (χ3n) is 6.47. The first kappa shape index (κ1) is 18.5. The zero-order chi connectivity index (χ0) is 21.2. The monoisotopic (exact) mass is 408 g/mol. The number of carbonyl (C=O) groups is 4. The Labute approximate surface area is 172 Å². The van der Waals surface area contributed by atoms with Gasteiger partial charge in [-0.3, -0.25) is 24.3 Å². The van der Waals surface area contributed by atoms with Crippen molar-refractivity contribution in [3.63, 3.8) is 0 Å². The standard InChI is InChI=1S/C21H20N4O5/c1-11(26)23-8-5-14-15(17(21(29)30)25-16(14)18(23)20(25)28)9-12-4-7-24(19(12)27)13-3-2-6-22-10-13/h2-3,6,9-10,14,16,18H,4-5,7-8H2,1H3,(H,29,30)/b12-9+/t14?,16-,18+/m1/s1. The lowest BCUT2D eigenvalue weighted by atomic mass is 9.77. The summed E-state index contributed by atoms with van der Waals surface area (Å²) < 4.78 is 0. The quantitative estimate of drug-likeness (QED) is 0.577. The van der Waals surface area contributed by atoms with Crippen molar-refractivity contribution >= 4 is 29.4 Å². The molecule has 4 aliphatic rings. The van der Waals surface area contributed by atoms with Crippen LogP contribution < -0.4 is 4.90 Å². The van der Waals surface area contributed by atoms with E-state index in [-0.39, 0.29) is 35.4 Å². The summed E-state index contributed by atoms with van der Waals surface area (Å²) >= 11 is 0. The Balaban J connectivity index is 1.50. The normalized spacial score (nSPS) is 28.9. The maximum absolute atomic E-state index is 13.0. The number of aromatic nitrogens is 1. The Bertz CT molecular complexity index is 1050. The molecule has 5 heterocycles. The summed E-state index contributed by atoms with van der Waals surface area (Å²) in [6, 6.07) is 2.58. The third kappa shape index (κ3) is 2.44. The molecule has 3 fully saturated rings. The zero-order valence-corrected chi connectivity index (χ0v) is 16.3. The van der Waals surface area contributed by atoms with E-state index in [1.54, 1.807) is 35.5 Å². The molecule has 0 spiro atoms. The molecule has 3 atom stereocenters. The molecule has 1 N–H and O–H groups in total. The second kappa shape index (κ2) is 6.51. The minimum atomic E-state index is -1.19. The number of hydrogen-bond acceptors (Lipinski definition) is 5. The number of hydrogen-bond donors (Lipinski definition) is 1. The van der Waals surface area contributed by atoms with Crippen LogP contribution in [0.3, 0.4) is 0 Å². The lowest BCUT2D eigenvalue weighted by molar-refractivity contribution is -0.168. The van der Waals surface area contributed by atoms with Gasteiger partial charge in [-0.15, -0.1) is 0 Å². The molecule has 1 aromatic rings. The molecule has 1 aromatic heterocycles. The summed E-state index contributed by atoms with van der Waals surface area (Å²) in [5.74, 6) is -2.11. The van der Waals surface area contributed by atoms with E-state index in [2.05, 4.69) is 4.98 Å². The predicted molar refractivity (Wildman–Crippen MR) is 104 cm³/mol. The Morgan fingerprint density at radius 1 is 1.27 bits per heavy atom. The van der Waals surface area contributed by atoms with E-state index >= 15 is 0 Å². The number of carbonyl (C=O) groups excluding carboxylic acids is 3. The van der Waals surface area contributed by atoms with Gasteiger partial charge in [0.1, 0.15) is 11.7 Å². The van der Waals surface area contributed by atoms with Crippen LogP contribution in [-0.4, -0.2) is 68.8 Å². The second-order valence-corrected chi connectivity index (χ2v) is 7.95. The maximum Gasteiger partial charge on any atom is 0.352 e.